The van der Waals surface area contributed by atoms with Gasteiger partial charge in [-0.05, 0) is 29.8 Å². The van der Waals surface area contributed by atoms with Crippen molar-refractivity contribution in [3.8, 4) is 5.75 Å². The molecule has 0 saturated carbocycles. The number of thioether (sulfide) groups is 1. The molecule has 25 heavy (non-hydrogen) atoms. The predicted molar refractivity (Wildman–Crippen MR) is 96.4 cm³/mol. The summed E-state index contributed by atoms with van der Waals surface area (Å²) in [6.07, 6.45) is 0. The summed E-state index contributed by atoms with van der Waals surface area (Å²) in [5, 5.41) is 10.4. The molecule has 0 saturated heterocycles. The zero-order valence-electron chi connectivity index (χ0n) is 13.0. The van der Waals surface area contributed by atoms with Gasteiger partial charge in [-0.25, -0.2) is 4.39 Å². The maximum absolute atomic E-state index is 13.1. The van der Waals surface area contributed by atoms with Crippen LogP contribution in [0.25, 0.3) is 0 Å². The predicted octanol–water partition coefficient (Wildman–Crippen LogP) is 3.99. The van der Waals surface area contributed by atoms with Crippen molar-refractivity contribution in [2.24, 2.45) is 0 Å². The molecule has 0 radical (unpaired) electrons. The number of hydrogen-bond donors (Lipinski definition) is 1. The Morgan fingerprint density at radius 1 is 1.24 bits per heavy atom. The minimum Gasteiger partial charge on any atom is -0.489 e. The molecule has 1 heterocycles. The van der Waals surface area contributed by atoms with E-state index in [0.717, 1.165) is 9.90 Å². The Hall–Kier alpha value is -2.45. The molecule has 0 bridgehead atoms. The van der Waals surface area contributed by atoms with Crippen LogP contribution < -0.4 is 10.1 Å². The highest BCUT2D eigenvalue weighted by atomic mass is 32.2. The smallest absolute Gasteiger partial charge is 0.234 e. The maximum Gasteiger partial charge on any atom is 0.234 e. The number of nitrogens with one attached hydrogen (secondary N) is 1. The van der Waals surface area contributed by atoms with Crippen molar-refractivity contribution in [3.05, 3.63) is 65.4 Å². The van der Waals surface area contributed by atoms with Crippen LogP contribution in [0.15, 0.2) is 58.4 Å². The summed E-state index contributed by atoms with van der Waals surface area (Å²) in [6, 6.07) is 13.3. The van der Waals surface area contributed by atoms with Crippen LogP contribution in [0.2, 0.25) is 0 Å². The van der Waals surface area contributed by atoms with Gasteiger partial charge in [0.1, 0.15) is 23.7 Å². The molecule has 1 N–H and O–H groups in total. The lowest BCUT2D eigenvalue weighted by molar-refractivity contribution is -0.113. The van der Waals surface area contributed by atoms with Gasteiger partial charge in [0, 0.05) is 11.8 Å². The van der Waals surface area contributed by atoms with Gasteiger partial charge in [-0.1, -0.05) is 41.3 Å². The third kappa shape index (κ3) is 5.54. The average Bonchev–Trinajstić information content (AvgIpc) is 3.12. The van der Waals surface area contributed by atoms with Crippen LogP contribution in [0, 0.1) is 5.82 Å². The summed E-state index contributed by atoms with van der Waals surface area (Å²) in [7, 11) is 0. The number of amides is 1. The lowest BCUT2D eigenvalue weighted by Crippen LogP contribution is -2.14. The fourth-order valence-corrected chi connectivity index (χ4v) is 3.30. The van der Waals surface area contributed by atoms with E-state index in [4.69, 9.17) is 4.74 Å². The van der Waals surface area contributed by atoms with Gasteiger partial charge in [0.05, 0.1) is 5.75 Å². The van der Waals surface area contributed by atoms with E-state index in [-0.39, 0.29) is 24.1 Å². The van der Waals surface area contributed by atoms with Gasteiger partial charge in [0.25, 0.3) is 0 Å². The standard InChI is InChI=1S/C17H14FN3O2S2/c18-13-4-2-6-15(8-13)23-9-12-3-1-5-14(7-12)20-16(22)10-24-17-21-19-11-25-17/h1-8,11H,9-10H2,(H,20,22). The second-order valence-corrected chi connectivity index (χ2v) is 7.04. The lowest BCUT2D eigenvalue weighted by atomic mass is 10.2. The summed E-state index contributed by atoms with van der Waals surface area (Å²) in [5.74, 6) is 0.261. The Morgan fingerprint density at radius 3 is 2.92 bits per heavy atom. The summed E-state index contributed by atoms with van der Waals surface area (Å²) in [4.78, 5) is 12.0. The molecule has 2 aromatic carbocycles. The highest BCUT2D eigenvalue weighted by Crippen LogP contribution is 2.20. The van der Waals surface area contributed by atoms with Crippen LogP contribution in [-0.4, -0.2) is 21.9 Å². The third-order valence-electron chi connectivity index (χ3n) is 3.08. The first kappa shape index (κ1) is 17.4. The van der Waals surface area contributed by atoms with Crippen molar-refractivity contribution >= 4 is 34.7 Å². The molecular formula is C17H14FN3O2S2. The van der Waals surface area contributed by atoms with Crippen molar-refractivity contribution in [3.63, 3.8) is 0 Å². The van der Waals surface area contributed by atoms with Crippen LogP contribution in [0.5, 0.6) is 5.75 Å². The quantitative estimate of drug-likeness (QED) is 0.633. The van der Waals surface area contributed by atoms with E-state index in [0.29, 0.717) is 11.4 Å². The Bertz CT molecular complexity index is 843. The van der Waals surface area contributed by atoms with E-state index in [9.17, 15) is 9.18 Å². The molecule has 0 unspecified atom stereocenters. The van der Waals surface area contributed by atoms with Crippen LogP contribution in [-0.2, 0) is 11.4 Å². The van der Waals surface area contributed by atoms with E-state index in [1.54, 1.807) is 23.7 Å². The topological polar surface area (TPSA) is 64.1 Å². The molecule has 1 amide bonds. The van der Waals surface area contributed by atoms with Gasteiger partial charge in [0.2, 0.25) is 5.91 Å². The lowest BCUT2D eigenvalue weighted by Gasteiger charge is -2.09. The molecule has 0 aliphatic carbocycles. The monoisotopic (exact) mass is 375 g/mol. The van der Waals surface area contributed by atoms with Gasteiger partial charge in [-0.2, -0.15) is 0 Å². The minimum absolute atomic E-state index is 0.122. The van der Waals surface area contributed by atoms with Crippen LogP contribution in [0.3, 0.4) is 0 Å². The number of rotatable bonds is 7. The third-order valence-corrected chi connectivity index (χ3v) is 4.94. The second kappa shape index (κ2) is 8.59. The number of carbonyl (C=O) groups excluding carboxylic acids is 1. The van der Waals surface area contributed by atoms with E-state index < -0.39 is 0 Å². The first-order chi connectivity index (χ1) is 12.2. The van der Waals surface area contributed by atoms with Crippen molar-refractivity contribution in [1.29, 1.82) is 0 Å². The van der Waals surface area contributed by atoms with E-state index in [1.807, 2.05) is 18.2 Å². The number of anilines is 1. The van der Waals surface area contributed by atoms with E-state index >= 15 is 0 Å². The highest BCUT2D eigenvalue weighted by molar-refractivity contribution is 8.01. The van der Waals surface area contributed by atoms with Crippen molar-refractivity contribution < 1.29 is 13.9 Å². The summed E-state index contributed by atoms with van der Waals surface area (Å²) >= 11 is 2.74. The van der Waals surface area contributed by atoms with Crippen LogP contribution in [0.4, 0.5) is 10.1 Å². The molecule has 0 spiro atoms. The summed E-state index contributed by atoms with van der Waals surface area (Å²) < 4.78 is 19.5. The summed E-state index contributed by atoms with van der Waals surface area (Å²) in [5.41, 5.74) is 3.18. The van der Waals surface area contributed by atoms with Gasteiger partial charge in [-0.3, -0.25) is 4.79 Å². The summed E-state index contributed by atoms with van der Waals surface area (Å²) in [6.45, 7) is 0.284. The van der Waals surface area contributed by atoms with E-state index in [2.05, 4.69) is 15.5 Å². The average molecular weight is 375 g/mol. The molecule has 0 fully saturated rings. The zero-order chi connectivity index (χ0) is 17.5. The van der Waals surface area contributed by atoms with Gasteiger partial charge in [0.15, 0.2) is 4.34 Å². The molecule has 128 valence electrons. The number of halogens is 1. The maximum atomic E-state index is 13.1. The fraction of sp³-hybridized carbons (Fsp3) is 0.118. The van der Waals surface area contributed by atoms with Gasteiger partial charge in [-0.15, -0.1) is 10.2 Å². The largest absolute Gasteiger partial charge is 0.489 e. The highest BCUT2D eigenvalue weighted by Gasteiger charge is 2.06. The first-order valence-electron chi connectivity index (χ1n) is 7.35. The number of nitrogens with zero attached hydrogens (tertiary/aromatic N) is 2. The number of benzene rings is 2. The molecular weight excluding hydrogens is 361 g/mol. The van der Waals surface area contributed by atoms with Crippen LogP contribution >= 0.6 is 23.1 Å². The molecule has 5 nitrogen and oxygen atoms in total. The van der Waals surface area contributed by atoms with E-state index in [1.165, 1.54) is 35.2 Å². The van der Waals surface area contributed by atoms with Crippen molar-refractivity contribution in [2.45, 2.75) is 10.9 Å². The Labute approximate surface area is 152 Å². The Morgan fingerprint density at radius 2 is 2.12 bits per heavy atom. The van der Waals surface area contributed by atoms with Gasteiger partial charge >= 0.3 is 0 Å². The SMILES string of the molecule is O=C(CSc1nncs1)Nc1cccc(COc2cccc(F)c2)c1. The minimum atomic E-state index is -0.341. The fourth-order valence-electron chi connectivity index (χ4n) is 2.01. The Kier molecular flexibility index (Phi) is 5.97. The number of hydrogen-bond acceptors (Lipinski definition) is 6. The molecule has 0 aliphatic heterocycles. The number of ether oxygens (including phenoxy) is 1. The van der Waals surface area contributed by atoms with Crippen LogP contribution in [0.1, 0.15) is 5.56 Å². The molecule has 3 rings (SSSR count). The molecule has 1 aromatic heterocycles. The molecule has 3 aromatic rings. The normalized spacial score (nSPS) is 10.4. The number of carbonyl (C=O) groups is 1. The zero-order valence-corrected chi connectivity index (χ0v) is 14.6. The molecule has 8 heteroatoms. The Balaban J connectivity index is 1.53. The second-order valence-electron chi connectivity index (χ2n) is 4.99. The van der Waals surface area contributed by atoms with Crippen molar-refractivity contribution in [2.75, 3.05) is 11.1 Å². The molecule has 0 atom stereocenters. The van der Waals surface area contributed by atoms with Crippen molar-refractivity contribution in [1.82, 2.24) is 10.2 Å². The number of aromatic nitrogens is 2. The first-order valence-corrected chi connectivity index (χ1v) is 9.22. The van der Waals surface area contributed by atoms with Gasteiger partial charge < -0.3 is 10.1 Å². The molecule has 0 aliphatic rings.